The number of hydrogen-bond acceptors (Lipinski definition) is 2. The normalized spacial score (nSPS) is 16.0. The van der Waals surface area contributed by atoms with Crippen molar-refractivity contribution in [3.63, 3.8) is 0 Å². The molecular formula is C10H24N2. The molecule has 1 atom stereocenters. The van der Waals surface area contributed by atoms with Gasteiger partial charge in [-0.3, -0.25) is 0 Å². The highest BCUT2D eigenvalue weighted by molar-refractivity contribution is 4.83. The fourth-order valence-corrected chi connectivity index (χ4v) is 1.45. The Morgan fingerprint density at radius 1 is 1.25 bits per heavy atom. The molecule has 12 heavy (non-hydrogen) atoms. The fraction of sp³-hybridized carbons (Fsp3) is 1.00. The van der Waals surface area contributed by atoms with Crippen molar-refractivity contribution >= 4 is 0 Å². The van der Waals surface area contributed by atoms with E-state index in [0.717, 1.165) is 13.1 Å². The van der Waals surface area contributed by atoms with Crippen molar-refractivity contribution in [1.82, 2.24) is 5.32 Å². The van der Waals surface area contributed by atoms with Crippen LogP contribution in [-0.2, 0) is 0 Å². The first kappa shape index (κ1) is 11.9. The molecule has 0 aliphatic heterocycles. The quantitative estimate of drug-likeness (QED) is 0.576. The summed E-state index contributed by atoms with van der Waals surface area (Å²) in [5.41, 5.74) is 5.88. The van der Waals surface area contributed by atoms with Crippen LogP contribution in [0.4, 0.5) is 0 Å². The van der Waals surface area contributed by atoms with Crippen molar-refractivity contribution in [1.29, 1.82) is 0 Å². The fourth-order valence-electron chi connectivity index (χ4n) is 1.45. The van der Waals surface area contributed by atoms with Gasteiger partial charge in [0.1, 0.15) is 0 Å². The van der Waals surface area contributed by atoms with Crippen LogP contribution in [0, 0.1) is 0 Å². The molecule has 0 saturated carbocycles. The van der Waals surface area contributed by atoms with Gasteiger partial charge in [-0.1, -0.05) is 33.1 Å². The molecule has 0 aliphatic carbocycles. The summed E-state index contributed by atoms with van der Waals surface area (Å²) in [5.74, 6) is 0. The van der Waals surface area contributed by atoms with E-state index in [2.05, 4.69) is 26.1 Å². The van der Waals surface area contributed by atoms with E-state index in [4.69, 9.17) is 5.73 Å². The zero-order valence-corrected chi connectivity index (χ0v) is 8.82. The Labute approximate surface area is 76.9 Å². The topological polar surface area (TPSA) is 38.0 Å². The summed E-state index contributed by atoms with van der Waals surface area (Å²) in [5, 5.41) is 3.44. The van der Waals surface area contributed by atoms with Crippen LogP contribution in [0.3, 0.4) is 0 Å². The Morgan fingerprint density at radius 3 is 2.33 bits per heavy atom. The van der Waals surface area contributed by atoms with Crippen LogP contribution < -0.4 is 11.1 Å². The lowest BCUT2D eigenvalue weighted by Crippen LogP contribution is -2.48. The Kier molecular flexibility index (Phi) is 6.39. The maximum Gasteiger partial charge on any atom is 0.0275 e. The third kappa shape index (κ3) is 4.73. The van der Waals surface area contributed by atoms with E-state index >= 15 is 0 Å². The lowest BCUT2D eigenvalue weighted by atomic mass is 9.94. The van der Waals surface area contributed by atoms with E-state index in [1.165, 1.54) is 25.7 Å². The van der Waals surface area contributed by atoms with Gasteiger partial charge in [-0.25, -0.2) is 0 Å². The molecule has 0 heterocycles. The summed E-state index contributed by atoms with van der Waals surface area (Å²) in [6.07, 6.45) is 5.09. The van der Waals surface area contributed by atoms with Crippen LogP contribution in [-0.4, -0.2) is 18.6 Å². The van der Waals surface area contributed by atoms with Gasteiger partial charge in [0.2, 0.25) is 0 Å². The van der Waals surface area contributed by atoms with Crippen LogP contribution in [0.1, 0.15) is 46.5 Å². The minimum absolute atomic E-state index is 0.171. The average molecular weight is 172 g/mol. The molecule has 0 spiro atoms. The number of unbranched alkanes of at least 4 members (excludes halogenated alkanes) is 2. The predicted octanol–water partition coefficient (Wildman–Crippen LogP) is 1.89. The molecule has 0 fully saturated rings. The lowest BCUT2D eigenvalue weighted by Gasteiger charge is -2.29. The van der Waals surface area contributed by atoms with Crippen molar-refractivity contribution in [3.8, 4) is 0 Å². The highest BCUT2D eigenvalue weighted by Crippen LogP contribution is 2.12. The van der Waals surface area contributed by atoms with E-state index in [-0.39, 0.29) is 5.54 Å². The van der Waals surface area contributed by atoms with Crippen molar-refractivity contribution in [2.45, 2.75) is 52.0 Å². The van der Waals surface area contributed by atoms with E-state index in [1.54, 1.807) is 0 Å². The zero-order valence-electron chi connectivity index (χ0n) is 8.82. The van der Waals surface area contributed by atoms with Gasteiger partial charge in [0.05, 0.1) is 0 Å². The first-order valence-electron chi connectivity index (χ1n) is 5.13. The van der Waals surface area contributed by atoms with Crippen LogP contribution in [0.5, 0.6) is 0 Å². The van der Waals surface area contributed by atoms with Crippen molar-refractivity contribution in [2.24, 2.45) is 5.73 Å². The first-order chi connectivity index (χ1) is 5.68. The van der Waals surface area contributed by atoms with Gasteiger partial charge in [0, 0.05) is 12.1 Å². The molecule has 0 saturated heterocycles. The second kappa shape index (κ2) is 6.44. The summed E-state index contributed by atoms with van der Waals surface area (Å²) in [6, 6.07) is 0. The molecule has 0 aromatic carbocycles. The average Bonchev–Trinajstić information content (AvgIpc) is 2.06. The molecule has 0 aliphatic rings. The minimum atomic E-state index is 0.171. The molecule has 0 rings (SSSR count). The van der Waals surface area contributed by atoms with E-state index < -0.39 is 0 Å². The zero-order chi connectivity index (χ0) is 9.45. The third-order valence-corrected chi connectivity index (χ3v) is 2.39. The SMILES string of the molecule is CCCCCC(C)(CN)NCC. The first-order valence-corrected chi connectivity index (χ1v) is 5.13. The smallest absolute Gasteiger partial charge is 0.0275 e. The molecule has 0 radical (unpaired) electrons. The van der Waals surface area contributed by atoms with Gasteiger partial charge in [0.15, 0.2) is 0 Å². The van der Waals surface area contributed by atoms with Gasteiger partial charge in [-0.05, 0) is 19.9 Å². The van der Waals surface area contributed by atoms with Crippen LogP contribution in [0.25, 0.3) is 0 Å². The summed E-state index contributed by atoms with van der Waals surface area (Å²) in [7, 11) is 0. The number of hydrogen-bond donors (Lipinski definition) is 2. The summed E-state index contributed by atoms with van der Waals surface area (Å²) < 4.78 is 0. The second-order valence-corrected chi connectivity index (χ2v) is 3.75. The molecule has 0 aromatic rings. The molecule has 1 unspecified atom stereocenters. The van der Waals surface area contributed by atoms with E-state index in [0.29, 0.717) is 0 Å². The molecule has 3 N–H and O–H groups in total. The van der Waals surface area contributed by atoms with Crippen LogP contribution in [0.15, 0.2) is 0 Å². The molecule has 0 amide bonds. The minimum Gasteiger partial charge on any atom is -0.329 e. The second-order valence-electron chi connectivity index (χ2n) is 3.75. The van der Waals surface area contributed by atoms with Crippen molar-refractivity contribution < 1.29 is 0 Å². The third-order valence-electron chi connectivity index (χ3n) is 2.39. The number of nitrogens with one attached hydrogen (secondary N) is 1. The molecular weight excluding hydrogens is 148 g/mol. The summed E-state index contributed by atoms with van der Waals surface area (Å²) in [4.78, 5) is 0. The maximum absolute atomic E-state index is 5.71. The van der Waals surface area contributed by atoms with Crippen LogP contribution >= 0.6 is 0 Å². The predicted molar refractivity (Wildman–Crippen MR) is 55.3 cm³/mol. The van der Waals surface area contributed by atoms with Gasteiger partial charge in [-0.2, -0.15) is 0 Å². The Morgan fingerprint density at radius 2 is 1.92 bits per heavy atom. The number of likely N-dealkylation sites (N-methyl/N-ethyl adjacent to an activating group) is 1. The number of nitrogens with two attached hydrogens (primary N) is 1. The molecule has 0 aromatic heterocycles. The highest BCUT2D eigenvalue weighted by Gasteiger charge is 2.19. The van der Waals surface area contributed by atoms with E-state index in [9.17, 15) is 0 Å². The summed E-state index contributed by atoms with van der Waals surface area (Å²) >= 11 is 0. The standard InChI is InChI=1S/C10H24N2/c1-4-6-7-8-10(3,9-11)12-5-2/h12H,4-9,11H2,1-3H3. The van der Waals surface area contributed by atoms with Gasteiger partial charge < -0.3 is 11.1 Å². The van der Waals surface area contributed by atoms with Gasteiger partial charge in [-0.15, -0.1) is 0 Å². The largest absolute Gasteiger partial charge is 0.329 e. The van der Waals surface area contributed by atoms with Crippen LogP contribution in [0.2, 0.25) is 0 Å². The summed E-state index contributed by atoms with van der Waals surface area (Å²) in [6.45, 7) is 8.33. The maximum atomic E-state index is 5.71. The molecule has 74 valence electrons. The Bertz CT molecular complexity index is 104. The monoisotopic (exact) mass is 172 g/mol. The Hall–Kier alpha value is -0.0800. The lowest BCUT2D eigenvalue weighted by molar-refractivity contribution is 0.335. The molecule has 2 nitrogen and oxygen atoms in total. The molecule has 0 bridgehead atoms. The highest BCUT2D eigenvalue weighted by atomic mass is 15.0. The van der Waals surface area contributed by atoms with Gasteiger partial charge >= 0.3 is 0 Å². The molecule has 2 heteroatoms. The van der Waals surface area contributed by atoms with Gasteiger partial charge in [0.25, 0.3) is 0 Å². The number of rotatable bonds is 7. The van der Waals surface area contributed by atoms with Crippen molar-refractivity contribution in [3.05, 3.63) is 0 Å². The van der Waals surface area contributed by atoms with Crippen molar-refractivity contribution in [2.75, 3.05) is 13.1 Å². The Balaban J connectivity index is 3.63. The van der Waals surface area contributed by atoms with E-state index in [1.807, 2.05) is 0 Å².